The predicted molar refractivity (Wildman–Crippen MR) is 326 cm³/mol. The fraction of sp³-hybridized carbons (Fsp3) is 0.928. The van der Waals surface area contributed by atoms with Crippen molar-refractivity contribution in [3.05, 3.63) is 12.2 Å². The van der Waals surface area contributed by atoms with Gasteiger partial charge in [-0.2, -0.15) is 0 Å². The Balaban J connectivity index is 4.13. The average molecular weight is 1060 g/mol. The van der Waals surface area contributed by atoms with E-state index in [1.807, 2.05) is 0 Å². The molecule has 0 aliphatic carbocycles. The van der Waals surface area contributed by atoms with Crippen molar-refractivity contribution in [3.8, 4) is 0 Å². The Bertz CT molecular complexity index is 1170. The van der Waals surface area contributed by atoms with Gasteiger partial charge in [0.25, 0.3) is 0 Å². The van der Waals surface area contributed by atoms with Gasteiger partial charge in [-0.05, 0) is 44.9 Å². The van der Waals surface area contributed by atoms with Crippen LogP contribution in [0.15, 0.2) is 12.2 Å². The van der Waals surface area contributed by atoms with Gasteiger partial charge in [0.1, 0.15) is 13.2 Å². The second-order valence-corrected chi connectivity index (χ2v) is 23.5. The van der Waals surface area contributed by atoms with Crippen LogP contribution in [0, 0.1) is 0 Å². The zero-order chi connectivity index (χ0) is 54.3. The smallest absolute Gasteiger partial charge is 0.306 e. The molecule has 0 aromatic heterocycles. The average Bonchev–Trinajstić information content (AvgIpc) is 3.41. The first-order chi connectivity index (χ1) is 37.0. The van der Waals surface area contributed by atoms with Gasteiger partial charge in [0, 0.05) is 19.3 Å². The van der Waals surface area contributed by atoms with Crippen LogP contribution < -0.4 is 0 Å². The van der Waals surface area contributed by atoms with Crippen molar-refractivity contribution in [2.24, 2.45) is 0 Å². The first-order valence-corrected chi connectivity index (χ1v) is 34.2. The number of unbranched alkanes of at least 4 members (excludes halogenated alkanes) is 51. The highest BCUT2D eigenvalue weighted by Crippen LogP contribution is 2.19. The minimum Gasteiger partial charge on any atom is -0.462 e. The molecule has 0 amide bonds. The molecule has 0 spiro atoms. The molecule has 0 bridgehead atoms. The van der Waals surface area contributed by atoms with E-state index in [0.29, 0.717) is 19.3 Å². The molecule has 0 N–H and O–H groups in total. The lowest BCUT2D eigenvalue weighted by atomic mass is 10.0. The van der Waals surface area contributed by atoms with Crippen LogP contribution in [0.25, 0.3) is 0 Å². The van der Waals surface area contributed by atoms with E-state index in [1.165, 1.54) is 295 Å². The van der Waals surface area contributed by atoms with E-state index in [0.717, 1.165) is 57.8 Å². The lowest BCUT2D eigenvalue weighted by molar-refractivity contribution is -0.167. The van der Waals surface area contributed by atoms with E-state index in [9.17, 15) is 14.4 Å². The van der Waals surface area contributed by atoms with Crippen molar-refractivity contribution in [2.45, 2.75) is 399 Å². The molecule has 0 aliphatic rings. The van der Waals surface area contributed by atoms with Gasteiger partial charge in [-0.1, -0.05) is 341 Å². The van der Waals surface area contributed by atoms with Gasteiger partial charge in [-0.3, -0.25) is 14.4 Å². The molecule has 0 aromatic carbocycles. The van der Waals surface area contributed by atoms with Crippen molar-refractivity contribution >= 4 is 17.9 Å². The molecule has 75 heavy (non-hydrogen) atoms. The normalized spacial score (nSPS) is 12.0. The fourth-order valence-electron chi connectivity index (χ4n) is 10.6. The van der Waals surface area contributed by atoms with Crippen LogP contribution in [0.3, 0.4) is 0 Å². The Kier molecular flexibility index (Phi) is 63.1. The molecular formula is C69H132O6. The Morgan fingerprint density at radius 3 is 0.667 bits per heavy atom. The van der Waals surface area contributed by atoms with Gasteiger partial charge < -0.3 is 14.2 Å². The van der Waals surface area contributed by atoms with Gasteiger partial charge in [0.15, 0.2) is 6.10 Å². The lowest BCUT2D eigenvalue weighted by Gasteiger charge is -2.18. The summed E-state index contributed by atoms with van der Waals surface area (Å²) in [7, 11) is 0. The zero-order valence-electron chi connectivity index (χ0n) is 51.1. The molecule has 0 heterocycles. The van der Waals surface area contributed by atoms with Crippen LogP contribution in [0.4, 0.5) is 0 Å². The minimum absolute atomic E-state index is 0.0653. The summed E-state index contributed by atoms with van der Waals surface area (Å²) in [5.74, 6) is -0.840. The number of rotatable bonds is 64. The van der Waals surface area contributed by atoms with Crippen molar-refractivity contribution in [3.63, 3.8) is 0 Å². The fourth-order valence-corrected chi connectivity index (χ4v) is 10.6. The van der Waals surface area contributed by atoms with Crippen LogP contribution in [0.1, 0.15) is 393 Å². The van der Waals surface area contributed by atoms with E-state index in [1.54, 1.807) is 0 Å². The van der Waals surface area contributed by atoms with E-state index in [4.69, 9.17) is 14.2 Å². The first kappa shape index (κ1) is 73.2. The Labute approximate surface area is 469 Å². The molecule has 0 aromatic rings. The van der Waals surface area contributed by atoms with E-state index in [-0.39, 0.29) is 31.1 Å². The summed E-state index contributed by atoms with van der Waals surface area (Å²) >= 11 is 0. The van der Waals surface area contributed by atoms with Crippen LogP contribution in [0.2, 0.25) is 0 Å². The molecule has 0 radical (unpaired) electrons. The molecule has 0 aliphatic heterocycles. The van der Waals surface area contributed by atoms with Crippen molar-refractivity contribution in [1.82, 2.24) is 0 Å². The maximum atomic E-state index is 12.9. The number of carbonyl (C=O) groups is 3. The second kappa shape index (κ2) is 64.7. The highest BCUT2D eigenvalue weighted by molar-refractivity contribution is 5.71. The molecule has 0 saturated carbocycles. The molecule has 6 nitrogen and oxygen atoms in total. The van der Waals surface area contributed by atoms with Gasteiger partial charge in [-0.25, -0.2) is 0 Å². The van der Waals surface area contributed by atoms with E-state index >= 15 is 0 Å². The zero-order valence-corrected chi connectivity index (χ0v) is 51.1. The van der Waals surface area contributed by atoms with Gasteiger partial charge >= 0.3 is 17.9 Å². The quantitative estimate of drug-likeness (QED) is 0.0261. The molecule has 1 atom stereocenters. The SMILES string of the molecule is CCCCCCCCC/C=C\CCCCCCCCCC(=O)OC(COC(=O)CCCCCCCCCCCCC)COC(=O)CCCCCCCCCCCCCCCCCCCCCCCCCCCCCC. The van der Waals surface area contributed by atoms with Gasteiger partial charge in [-0.15, -0.1) is 0 Å². The summed E-state index contributed by atoms with van der Waals surface area (Å²) in [6, 6.07) is 0. The monoisotopic (exact) mass is 1060 g/mol. The topological polar surface area (TPSA) is 78.9 Å². The number of hydrogen-bond acceptors (Lipinski definition) is 6. The number of ether oxygens (including phenoxy) is 3. The van der Waals surface area contributed by atoms with Gasteiger partial charge in [0.2, 0.25) is 0 Å². The summed E-state index contributed by atoms with van der Waals surface area (Å²) in [5, 5.41) is 0. The van der Waals surface area contributed by atoms with Crippen LogP contribution >= 0.6 is 0 Å². The largest absolute Gasteiger partial charge is 0.462 e. The number of hydrogen-bond donors (Lipinski definition) is 0. The Hall–Kier alpha value is -1.85. The summed E-state index contributed by atoms with van der Waals surface area (Å²) in [6.07, 6.45) is 76.7. The third-order valence-corrected chi connectivity index (χ3v) is 15.8. The maximum Gasteiger partial charge on any atom is 0.306 e. The predicted octanol–water partition coefficient (Wildman–Crippen LogP) is 23.2. The number of carbonyl (C=O) groups excluding carboxylic acids is 3. The summed E-state index contributed by atoms with van der Waals surface area (Å²) in [5.41, 5.74) is 0. The lowest BCUT2D eigenvalue weighted by Crippen LogP contribution is -2.30. The summed E-state index contributed by atoms with van der Waals surface area (Å²) < 4.78 is 16.9. The van der Waals surface area contributed by atoms with Crippen LogP contribution in [-0.2, 0) is 28.6 Å². The Morgan fingerprint density at radius 1 is 0.253 bits per heavy atom. The van der Waals surface area contributed by atoms with Crippen LogP contribution in [0.5, 0.6) is 0 Å². The van der Waals surface area contributed by atoms with Crippen molar-refractivity contribution in [1.29, 1.82) is 0 Å². The standard InChI is InChI=1S/C69H132O6/c1-4-7-10-13-16-19-22-24-26-28-30-31-32-33-34-35-36-37-38-39-41-42-44-47-50-53-56-59-62-68(71)74-65-66(64-73-67(70)61-58-55-52-49-46-21-18-15-12-9-6-3)75-69(72)63-60-57-54-51-48-45-43-40-29-27-25-23-20-17-14-11-8-5-2/h27,29,66H,4-26,28,30-65H2,1-3H3/b29-27-. The highest BCUT2D eigenvalue weighted by atomic mass is 16.6. The van der Waals surface area contributed by atoms with Crippen molar-refractivity contribution in [2.75, 3.05) is 13.2 Å². The number of allylic oxidation sites excluding steroid dienone is 2. The van der Waals surface area contributed by atoms with Crippen LogP contribution in [-0.4, -0.2) is 37.2 Å². The maximum absolute atomic E-state index is 12.9. The third kappa shape index (κ3) is 62.9. The molecule has 0 rings (SSSR count). The van der Waals surface area contributed by atoms with E-state index in [2.05, 4.69) is 32.9 Å². The molecule has 0 saturated heterocycles. The summed E-state index contributed by atoms with van der Waals surface area (Å²) in [4.78, 5) is 38.3. The molecule has 1 unspecified atom stereocenters. The molecular weight excluding hydrogens is 925 g/mol. The van der Waals surface area contributed by atoms with E-state index < -0.39 is 6.10 Å². The van der Waals surface area contributed by atoms with Crippen molar-refractivity contribution < 1.29 is 28.6 Å². The third-order valence-electron chi connectivity index (χ3n) is 15.8. The molecule has 444 valence electrons. The minimum atomic E-state index is -0.768. The number of esters is 3. The highest BCUT2D eigenvalue weighted by Gasteiger charge is 2.19. The Morgan fingerprint density at radius 2 is 0.440 bits per heavy atom. The second-order valence-electron chi connectivity index (χ2n) is 23.5. The van der Waals surface area contributed by atoms with Gasteiger partial charge in [0.05, 0.1) is 0 Å². The molecule has 0 fully saturated rings. The first-order valence-electron chi connectivity index (χ1n) is 34.2. The molecule has 6 heteroatoms. The summed E-state index contributed by atoms with van der Waals surface area (Å²) in [6.45, 7) is 6.71.